The zero-order chi connectivity index (χ0) is 26.7. The summed E-state index contributed by atoms with van der Waals surface area (Å²) in [7, 11) is 0. The summed E-state index contributed by atoms with van der Waals surface area (Å²) in [6.07, 6.45) is 12.1. The van der Waals surface area contributed by atoms with Crippen LogP contribution in [0.1, 0.15) is 113 Å². The summed E-state index contributed by atoms with van der Waals surface area (Å²) < 4.78 is 12.2. The molecular weight excluding hydrogens is 472 g/mol. The number of carbonyl (C=O) groups is 2. The van der Waals surface area contributed by atoms with Gasteiger partial charge in [-0.05, 0) is 47.9 Å². The van der Waals surface area contributed by atoms with Gasteiger partial charge >= 0.3 is 11.9 Å². The van der Waals surface area contributed by atoms with Crippen molar-refractivity contribution in [2.75, 3.05) is 0 Å². The Kier molecular flexibility index (Phi) is 10.4. The molecule has 38 heavy (non-hydrogen) atoms. The van der Waals surface area contributed by atoms with Gasteiger partial charge in [-0.15, -0.1) is 0 Å². The molecule has 0 N–H and O–H groups in total. The maximum atomic E-state index is 12.9. The van der Waals surface area contributed by atoms with Gasteiger partial charge in [0.1, 0.15) is 11.5 Å². The molecule has 2 aromatic rings. The van der Waals surface area contributed by atoms with Crippen LogP contribution < -0.4 is 0 Å². The molecule has 0 aliphatic heterocycles. The molecule has 0 unspecified atom stereocenters. The third-order valence-electron chi connectivity index (χ3n) is 7.57. The molecule has 4 rings (SSSR count). The Balaban J connectivity index is 1.73. The molecule has 0 heterocycles. The van der Waals surface area contributed by atoms with E-state index in [1.165, 1.54) is 11.1 Å². The van der Waals surface area contributed by atoms with E-state index in [1.807, 2.05) is 12.1 Å². The van der Waals surface area contributed by atoms with Crippen molar-refractivity contribution in [3.05, 3.63) is 82.3 Å². The zero-order valence-electron chi connectivity index (χ0n) is 23.2. The number of benzene rings is 2. The number of aryl methyl sites for hydroxylation is 2. The lowest BCUT2D eigenvalue weighted by atomic mass is 9.78. The van der Waals surface area contributed by atoms with Crippen molar-refractivity contribution in [1.82, 2.24) is 0 Å². The Hall–Kier alpha value is -3.14. The third-order valence-corrected chi connectivity index (χ3v) is 7.57. The van der Waals surface area contributed by atoms with E-state index in [2.05, 4.69) is 50.2 Å². The second-order valence-corrected chi connectivity index (χ2v) is 10.5. The Morgan fingerprint density at radius 1 is 0.579 bits per heavy atom. The number of hydrogen-bond acceptors (Lipinski definition) is 4. The lowest BCUT2D eigenvalue weighted by molar-refractivity contribution is -0.140. The molecular formula is C34H42O4. The molecule has 2 aliphatic carbocycles. The number of carbonyl (C=O) groups excluding carboxylic acids is 2. The van der Waals surface area contributed by atoms with Gasteiger partial charge in [-0.2, -0.15) is 0 Å². The van der Waals surface area contributed by atoms with Crippen LogP contribution >= 0.6 is 0 Å². The third kappa shape index (κ3) is 7.03. The van der Waals surface area contributed by atoms with E-state index in [9.17, 15) is 9.59 Å². The van der Waals surface area contributed by atoms with Crippen LogP contribution in [0.5, 0.6) is 0 Å². The molecule has 4 nitrogen and oxygen atoms in total. The lowest BCUT2D eigenvalue weighted by Crippen LogP contribution is -2.17. The molecule has 0 saturated heterocycles. The van der Waals surface area contributed by atoms with E-state index in [4.69, 9.17) is 9.47 Å². The quantitative estimate of drug-likeness (QED) is 0.198. The standard InChI is InChI=1S/C34H42O4/c1-3-5-7-9-19-31(35)37-29-23-21-25-15-11-13-17-27(25)33(29)34-28-18-14-12-16-26(28)22-24-30(34)38-32(36)20-10-8-6-4-2/h11-18H,3-10,19-24H2,1-2H3. The molecule has 0 spiro atoms. The highest BCUT2D eigenvalue weighted by molar-refractivity contribution is 6.09. The Morgan fingerprint density at radius 2 is 1.00 bits per heavy atom. The fourth-order valence-corrected chi connectivity index (χ4v) is 5.53. The fourth-order valence-electron chi connectivity index (χ4n) is 5.53. The zero-order valence-corrected chi connectivity index (χ0v) is 23.2. The first-order valence-corrected chi connectivity index (χ1v) is 14.7. The maximum Gasteiger partial charge on any atom is 0.310 e. The van der Waals surface area contributed by atoms with E-state index >= 15 is 0 Å². The average Bonchev–Trinajstić information content (AvgIpc) is 2.94. The summed E-state index contributed by atoms with van der Waals surface area (Å²) >= 11 is 0. The molecule has 0 saturated carbocycles. The predicted molar refractivity (Wildman–Crippen MR) is 153 cm³/mol. The summed E-state index contributed by atoms with van der Waals surface area (Å²) in [5, 5.41) is 0. The molecule has 0 radical (unpaired) electrons. The highest BCUT2D eigenvalue weighted by Gasteiger charge is 2.31. The van der Waals surface area contributed by atoms with Gasteiger partial charge in [-0.1, -0.05) is 101 Å². The van der Waals surface area contributed by atoms with Gasteiger partial charge in [0.15, 0.2) is 0 Å². The average molecular weight is 515 g/mol. The summed E-state index contributed by atoms with van der Waals surface area (Å²) in [6, 6.07) is 16.7. The lowest BCUT2D eigenvalue weighted by Gasteiger charge is -2.29. The van der Waals surface area contributed by atoms with E-state index in [0.29, 0.717) is 37.2 Å². The number of esters is 2. The van der Waals surface area contributed by atoms with Crippen LogP contribution in [0.2, 0.25) is 0 Å². The van der Waals surface area contributed by atoms with E-state index in [0.717, 1.165) is 86.5 Å². The van der Waals surface area contributed by atoms with Crippen molar-refractivity contribution in [3.63, 3.8) is 0 Å². The second kappa shape index (κ2) is 14.1. The predicted octanol–water partition coefficient (Wildman–Crippen LogP) is 8.73. The van der Waals surface area contributed by atoms with Gasteiger partial charge in [0.05, 0.1) is 0 Å². The summed E-state index contributed by atoms with van der Waals surface area (Å²) in [5.74, 6) is 1.05. The fraction of sp³-hybridized carbons (Fsp3) is 0.471. The summed E-state index contributed by atoms with van der Waals surface area (Å²) in [6.45, 7) is 4.33. The van der Waals surface area contributed by atoms with Crippen LogP contribution in [0.4, 0.5) is 0 Å². The second-order valence-electron chi connectivity index (χ2n) is 10.5. The van der Waals surface area contributed by atoms with Gasteiger partial charge in [0.2, 0.25) is 0 Å². The monoisotopic (exact) mass is 514 g/mol. The van der Waals surface area contributed by atoms with Crippen molar-refractivity contribution in [2.24, 2.45) is 0 Å². The highest BCUT2D eigenvalue weighted by atomic mass is 16.5. The summed E-state index contributed by atoms with van der Waals surface area (Å²) in [4.78, 5) is 25.9. The first-order valence-electron chi connectivity index (χ1n) is 14.7. The largest absolute Gasteiger partial charge is 0.430 e. The smallest absolute Gasteiger partial charge is 0.310 e. The van der Waals surface area contributed by atoms with Crippen LogP contribution in [-0.4, -0.2) is 11.9 Å². The number of ether oxygens (including phenoxy) is 2. The van der Waals surface area contributed by atoms with Gasteiger partial charge < -0.3 is 9.47 Å². The number of hydrogen-bond donors (Lipinski definition) is 0. The van der Waals surface area contributed by atoms with Crippen LogP contribution in [0, 0.1) is 0 Å². The van der Waals surface area contributed by atoms with Crippen LogP contribution in [-0.2, 0) is 31.9 Å². The number of unbranched alkanes of at least 4 members (excludes halogenated alkanes) is 6. The molecule has 4 heteroatoms. The van der Waals surface area contributed by atoms with Crippen LogP contribution in [0.25, 0.3) is 11.1 Å². The number of rotatable bonds is 13. The minimum atomic E-state index is -0.174. The molecule has 0 amide bonds. The van der Waals surface area contributed by atoms with Crippen LogP contribution in [0.15, 0.2) is 60.0 Å². The summed E-state index contributed by atoms with van der Waals surface area (Å²) in [5.41, 5.74) is 6.41. The first-order chi connectivity index (χ1) is 18.6. The van der Waals surface area contributed by atoms with E-state index in [1.54, 1.807) is 0 Å². The van der Waals surface area contributed by atoms with Crippen molar-refractivity contribution in [1.29, 1.82) is 0 Å². The van der Waals surface area contributed by atoms with E-state index in [-0.39, 0.29) is 11.9 Å². The minimum Gasteiger partial charge on any atom is -0.430 e. The van der Waals surface area contributed by atoms with Gasteiger partial charge in [-0.25, -0.2) is 0 Å². The molecule has 0 fully saturated rings. The Bertz CT molecular complexity index is 1090. The highest BCUT2D eigenvalue weighted by Crippen LogP contribution is 2.46. The Labute approximate surface area is 228 Å². The Morgan fingerprint density at radius 3 is 1.42 bits per heavy atom. The molecule has 2 aliphatic rings. The van der Waals surface area contributed by atoms with Crippen molar-refractivity contribution in [3.8, 4) is 0 Å². The number of fused-ring (bicyclic) bond motifs is 2. The molecule has 2 aromatic carbocycles. The minimum absolute atomic E-state index is 0.174. The molecule has 202 valence electrons. The molecule has 0 aromatic heterocycles. The molecule has 0 bridgehead atoms. The van der Waals surface area contributed by atoms with Gasteiger partial charge in [0.25, 0.3) is 0 Å². The van der Waals surface area contributed by atoms with Crippen molar-refractivity contribution < 1.29 is 19.1 Å². The molecule has 0 atom stereocenters. The normalized spacial score (nSPS) is 14.7. The van der Waals surface area contributed by atoms with Gasteiger partial charge in [-0.3, -0.25) is 9.59 Å². The number of allylic oxidation sites excluding steroid dienone is 4. The first kappa shape index (κ1) is 27.9. The SMILES string of the molecule is CCCCCCC(=O)OC1=C(C2=C(OC(=O)CCCCCC)CCc3ccccc32)c2ccccc2CC1. The maximum absolute atomic E-state index is 12.9. The van der Waals surface area contributed by atoms with Crippen molar-refractivity contribution >= 4 is 23.1 Å². The van der Waals surface area contributed by atoms with Gasteiger partial charge in [0, 0.05) is 36.8 Å². The van der Waals surface area contributed by atoms with Crippen LogP contribution in [0.3, 0.4) is 0 Å². The topological polar surface area (TPSA) is 52.6 Å². The van der Waals surface area contributed by atoms with E-state index < -0.39 is 0 Å². The van der Waals surface area contributed by atoms with Crippen molar-refractivity contribution in [2.45, 2.75) is 104 Å².